The Hall–Kier alpha value is -2.74. The molecule has 29 heavy (non-hydrogen) atoms. The minimum atomic E-state index is -4.24. The van der Waals surface area contributed by atoms with Gasteiger partial charge in [-0.25, -0.2) is 17.5 Å². The molecule has 0 aromatic heterocycles. The number of halogens is 1. The number of hydrogen-bond acceptors (Lipinski definition) is 4. The number of nitrogens with one attached hydrogen (secondary N) is 1. The number of rotatable bonds is 5. The van der Waals surface area contributed by atoms with Crippen molar-refractivity contribution in [2.45, 2.75) is 42.0 Å². The first-order valence-electron chi connectivity index (χ1n) is 9.39. The summed E-state index contributed by atoms with van der Waals surface area (Å²) >= 11 is 0. The smallest absolute Gasteiger partial charge is 0.264 e. The van der Waals surface area contributed by atoms with Gasteiger partial charge in [-0.1, -0.05) is 36.4 Å². The molecule has 0 bridgehead atoms. The third kappa shape index (κ3) is 3.21. The van der Waals surface area contributed by atoms with Crippen LogP contribution in [0.3, 0.4) is 0 Å². The third-order valence-electron chi connectivity index (χ3n) is 5.97. The van der Waals surface area contributed by atoms with Gasteiger partial charge in [-0.05, 0) is 49.9 Å². The predicted octanol–water partition coefficient (Wildman–Crippen LogP) is 2.35. The van der Waals surface area contributed by atoms with Gasteiger partial charge in [-0.3, -0.25) is 9.59 Å². The van der Waals surface area contributed by atoms with E-state index in [2.05, 4.69) is 0 Å². The zero-order valence-electron chi connectivity index (χ0n) is 15.9. The largest absolute Gasteiger partial charge is 0.327 e. The monoisotopic (exact) mass is 416 g/mol. The van der Waals surface area contributed by atoms with Crippen molar-refractivity contribution in [3.05, 3.63) is 66.0 Å². The number of carbonyl (C=O) groups excluding carboxylic acids is 2. The maximum absolute atomic E-state index is 13.4. The summed E-state index contributed by atoms with van der Waals surface area (Å²) in [6, 6.07) is 13.8. The molecule has 0 radical (unpaired) electrons. The Morgan fingerprint density at radius 1 is 1.03 bits per heavy atom. The molecule has 2 aliphatic rings. The fourth-order valence-electron chi connectivity index (χ4n) is 3.81. The first-order valence-corrected chi connectivity index (χ1v) is 10.9. The molecule has 2 fully saturated rings. The summed E-state index contributed by atoms with van der Waals surface area (Å²) in [5, 5.41) is 0. The van der Waals surface area contributed by atoms with Gasteiger partial charge in [0.15, 0.2) is 0 Å². The van der Waals surface area contributed by atoms with Crippen LogP contribution in [-0.4, -0.2) is 37.2 Å². The van der Waals surface area contributed by atoms with Crippen LogP contribution >= 0.6 is 0 Å². The number of sulfonamides is 1. The van der Waals surface area contributed by atoms with E-state index in [1.807, 2.05) is 35.1 Å². The normalized spacial score (nSPS) is 22.5. The molecule has 1 aliphatic carbocycles. The summed E-state index contributed by atoms with van der Waals surface area (Å²) in [6.07, 6.45) is 1.76. The minimum absolute atomic E-state index is 0.157. The minimum Gasteiger partial charge on any atom is -0.327 e. The highest BCUT2D eigenvalue weighted by molar-refractivity contribution is 7.90. The SMILES string of the molecule is CC1(C(=O)NS(=O)(=O)c2cccc(F)c2)CCN1C(=O)C1(c2ccccc2)CC1. The van der Waals surface area contributed by atoms with Gasteiger partial charge in [0.2, 0.25) is 5.91 Å². The Kier molecular flexibility index (Phi) is 4.49. The standard InChI is InChI=1S/C21H21FN2O4S/c1-20(18(25)23-29(27,28)17-9-5-8-16(22)14-17)12-13-24(20)19(26)21(10-11-21)15-6-3-2-4-7-15/h2-9,14H,10-13H2,1H3,(H,23,25). The number of benzene rings is 2. The van der Waals surface area contributed by atoms with Crippen LogP contribution in [0.5, 0.6) is 0 Å². The predicted molar refractivity (Wildman–Crippen MR) is 104 cm³/mol. The van der Waals surface area contributed by atoms with Gasteiger partial charge in [0.1, 0.15) is 11.4 Å². The lowest BCUT2D eigenvalue weighted by Gasteiger charge is -2.50. The van der Waals surface area contributed by atoms with Crippen LogP contribution in [0.4, 0.5) is 4.39 Å². The van der Waals surface area contributed by atoms with Gasteiger partial charge in [0.05, 0.1) is 10.3 Å². The van der Waals surface area contributed by atoms with E-state index >= 15 is 0 Å². The van der Waals surface area contributed by atoms with E-state index in [0.717, 1.165) is 17.7 Å². The second-order valence-electron chi connectivity index (χ2n) is 7.82. The molecule has 1 saturated carbocycles. The lowest BCUT2D eigenvalue weighted by molar-refractivity contribution is -0.158. The Labute approximate surface area is 168 Å². The number of amides is 2. The van der Waals surface area contributed by atoms with E-state index in [1.165, 1.54) is 17.0 Å². The number of nitrogens with zero attached hydrogens (tertiary/aromatic N) is 1. The average Bonchev–Trinajstić information content (AvgIpc) is 3.49. The second-order valence-corrected chi connectivity index (χ2v) is 9.50. The van der Waals surface area contributed by atoms with Crippen molar-refractivity contribution in [2.75, 3.05) is 6.54 Å². The topological polar surface area (TPSA) is 83.6 Å². The van der Waals surface area contributed by atoms with Crippen LogP contribution in [0.15, 0.2) is 59.5 Å². The molecule has 0 spiro atoms. The van der Waals surface area contributed by atoms with Gasteiger partial charge in [-0.15, -0.1) is 0 Å². The molecule has 2 amide bonds. The molecule has 1 atom stereocenters. The van der Waals surface area contributed by atoms with E-state index in [0.29, 0.717) is 25.8 Å². The van der Waals surface area contributed by atoms with Crippen LogP contribution in [0, 0.1) is 5.82 Å². The highest BCUT2D eigenvalue weighted by Gasteiger charge is 2.60. The van der Waals surface area contributed by atoms with Gasteiger partial charge in [0.25, 0.3) is 15.9 Å². The van der Waals surface area contributed by atoms with E-state index in [4.69, 9.17) is 0 Å². The second kappa shape index (κ2) is 6.66. The molecule has 1 N–H and O–H groups in total. The van der Waals surface area contributed by atoms with Gasteiger partial charge >= 0.3 is 0 Å². The van der Waals surface area contributed by atoms with Crippen molar-refractivity contribution in [2.24, 2.45) is 0 Å². The zero-order chi connectivity index (χ0) is 20.9. The fraction of sp³-hybridized carbons (Fsp3) is 0.333. The third-order valence-corrected chi connectivity index (χ3v) is 7.30. The Morgan fingerprint density at radius 2 is 1.72 bits per heavy atom. The zero-order valence-corrected chi connectivity index (χ0v) is 16.7. The summed E-state index contributed by atoms with van der Waals surface area (Å²) in [6.45, 7) is 1.95. The van der Waals surface area contributed by atoms with E-state index < -0.39 is 32.7 Å². The maximum atomic E-state index is 13.4. The molecular formula is C21H21FN2O4S. The lowest BCUT2D eigenvalue weighted by Crippen LogP contribution is -2.69. The molecule has 1 unspecified atom stereocenters. The van der Waals surface area contributed by atoms with Crippen molar-refractivity contribution in [1.82, 2.24) is 9.62 Å². The van der Waals surface area contributed by atoms with E-state index in [1.54, 1.807) is 6.92 Å². The van der Waals surface area contributed by atoms with Crippen molar-refractivity contribution < 1.29 is 22.4 Å². The molecule has 2 aromatic carbocycles. The molecule has 2 aromatic rings. The molecule has 1 heterocycles. The summed E-state index contributed by atoms with van der Waals surface area (Å²) in [5.41, 5.74) is -0.987. The highest BCUT2D eigenvalue weighted by Crippen LogP contribution is 2.51. The van der Waals surface area contributed by atoms with Crippen molar-refractivity contribution in [3.8, 4) is 0 Å². The van der Waals surface area contributed by atoms with Crippen LogP contribution in [0.2, 0.25) is 0 Å². The average molecular weight is 416 g/mol. The molecule has 4 rings (SSSR count). The molecular weight excluding hydrogens is 395 g/mol. The lowest BCUT2D eigenvalue weighted by atomic mass is 9.82. The summed E-state index contributed by atoms with van der Waals surface area (Å²) < 4.78 is 40.4. The summed E-state index contributed by atoms with van der Waals surface area (Å²) in [4.78, 5) is 27.2. The quantitative estimate of drug-likeness (QED) is 0.811. The van der Waals surface area contributed by atoms with Crippen LogP contribution in [0.1, 0.15) is 31.7 Å². The van der Waals surface area contributed by atoms with E-state index in [9.17, 15) is 22.4 Å². The number of likely N-dealkylation sites (tertiary alicyclic amines) is 1. The fourth-order valence-corrected chi connectivity index (χ4v) is 4.92. The molecule has 1 saturated heterocycles. The van der Waals surface area contributed by atoms with Gasteiger partial charge in [-0.2, -0.15) is 0 Å². The molecule has 6 nitrogen and oxygen atoms in total. The Morgan fingerprint density at radius 3 is 2.28 bits per heavy atom. The van der Waals surface area contributed by atoms with Crippen LogP contribution in [0.25, 0.3) is 0 Å². The summed E-state index contributed by atoms with van der Waals surface area (Å²) in [7, 11) is -4.24. The maximum Gasteiger partial charge on any atom is 0.264 e. The van der Waals surface area contributed by atoms with Crippen molar-refractivity contribution >= 4 is 21.8 Å². The van der Waals surface area contributed by atoms with Crippen molar-refractivity contribution in [3.63, 3.8) is 0 Å². The van der Waals surface area contributed by atoms with Gasteiger partial charge in [0, 0.05) is 6.54 Å². The summed E-state index contributed by atoms with van der Waals surface area (Å²) in [5.74, 6) is -1.66. The van der Waals surface area contributed by atoms with Crippen LogP contribution in [-0.2, 0) is 25.0 Å². The highest BCUT2D eigenvalue weighted by atomic mass is 32.2. The Bertz CT molecular complexity index is 1080. The molecule has 1 aliphatic heterocycles. The Balaban J connectivity index is 1.54. The number of hydrogen-bond donors (Lipinski definition) is 1. The first-order chi connectivity index (χ1) is 13.7. The first kappa shape index (κ1) is 19.6. The molecule has 152 valence electrons. The molecule has 8 heteroatoms. The van der Waals surface area contributed by atoms with Gasteiger partial charge < -0.3 is 4.90 Å². The van der Waals surface area contributed by atoms with E-state index in [-0.39, 0.29) is 10.8 Å². The van der Waals surface area contributed by atoms with Crippen LogP contribution < -0.4 is 4.72 Å². The number of carbonyl (C=O) groups is 2. The van der Waals surface area contributed by atoms with Crippen molar-refractivity contribution in [1.29, 1.82) is 0 Å².